The highest BCUT2D eigenvalue weighted by molar-refractivity contribution is 5.80. The molecule has 4 heterocycles. The number of carbonyl (C=O) groups is 1. The van der Waals surface area contributed by atoms with Gasteiger partial charge in [-0.1, -0.05) is 0 Å². The lowest BCUT2D eigenvalue weighted by Gasteiger charge is -2.36. The molecule has 0 spiro atoms. The van der Waals surface area contributed by atoms with E-state index in [9.17, 15) is 4.79 Å². The number of aromatic nitrogens is 2. The Morgan fingerprint density at radius 1 is 1.36 bits per heavy atom. The maximum atomic E-state index is 12.7. The van der Waals surface area contributed by atoms with Crippen molar-refractivity contribution >= 4 is 5.91 Å². The van der Waals surface area contributed by atoms with Gasteiger partial charge in [0.05, 0.1) is 24.8 Å². The predicted octanol–water partition coefficient (Wildman–Crippen LogP) is 1.58. The highest BCUT2D eigenvalue weighted by Gasteiger charge is 2.31. The number of imidazole rings is 1. The van der Waals surface area contributed by atoms with Crippen LogP contribution in [0.2, 0.25) is 0 Å². The molecule has 0 unspecified atom stereocenters. The fraction of sp³-hybridized carbons (Fsp3) is 0.556. The molecule has 7 heteroatoms. The fourth-order valence-electron chi connectivity index (χ4n) is 3.71. The van der Waals surface area contributed by atoms with Crippen LogP contribution in [0.15, 0.2) is 35.3 Å². The van der Waals surface area contributed by atoms with Crippen LogP contribution in [0.4, 0.5) is 0 Å². The average molecular weight is 344 g/mol. The predicted molar refractivity (Wildman–Crippen MR) is 90.6 cm³/mol. The topological polar surface area (TPSA) is 72.5 Å². The highest BCUT2D eigenvalue weighted by Crippen LogP contribution is 2.24. The highest BCUT2D eigenvalue weighted by atomic mass is 16.5. The van der Waals surface area contributed by atoms with Gasteiger partial charge in [-0.15, -0.1) is 0 Å². The van der Waals surface area contributed by atoms with E-state index in [-0.39, 0.29) is 11.9 Å². The first kappa shape index (κ1) is 16.4. The van der Waals surface area contributed by atoms with Crippen LogP contribution in [0.25, 0.3) is 0 Å². The number of carbonyl (C=O) groups excluding carboxylic acids is 1. The van der Waals surface area contributed by atoms with E-state index >= 15 is 0 Å². The Kier molecular flexibility index (Phi) is 4.85. The summed E-state index contributed by atoms with van der Waals surface area (Å²) < 4.78 is 12.7. The minimum absolute atomic E-state index is 0.00678. The molecule has 1 fully saturated rings. The van der Waals surface area contributed by atoms with Gasteiger partial charge in [0, 0.05) is 39.0 Å². The molecule has 0 aromatic carbocycles. The molecule has 7 nitrogen and oxygen atoms in total. The van der Waals surface area contributed by atoms with Gasteiger partial charge < -0.3 is 19.0 Å². The molecule has 0 radical (unpaired) electrons. The van der Waals surface area contributed by atoms with Gasteiger partial charge in [-0.2, -0.15) is 0 Å². The smallest absolute Gasteiger partial charge is 0.244 e. The van der Waals surface area contributed by atoms with Crippen molar-refractivity contribution in [3.05, 3.63) is 42.4 Å². The van der Waals surface area contributed by atoms with Gasteiger partial charge in [-0.25, -0.2) is 4.98 Å². The molecule has 1 atom stereocenters. The lowest BCUT2D eigenvalue weighted by Crippen LogP contribution is -2.46. The minimum atomic E-state index is -0.249. The van der Waals surface area contributed by atoms with Gasteiger partial charge in [-0.05, 0) is 30.9 Å². The summed E-state index contributed by atoms with van der Waals surface area (Å²) in [4.78, 5) is 19.4. The third kappa shape index (κ3) is 3.77. The summed E-state index contributed by atoms with van der Waals surface area (Å²) in [5.74, 6) is 1.41. The Labute approximate surface area is 147 Å². The monoisotopic (exact) mass is 344 g/mol. The maximum Gasteiger partial charge on any atom is 0.244 e. The van der Waals surface area contributed by atoms with E-state index in [0.29, 0.717) is 19.0 Å². The maximum absolute atomic E-state index is 12.7. The molecule has 25 heavy (non-hydrogen) atoms. The lowest BCUT2D eigenvalue weighted by molar-refractivity contribution is -0.126. The Morgan fingerprint density at radius 2 is 2.24 bits per heavy atom. The average Bonchev–Trinajstić information content (AvgIpc) is 3.31. The van der Waals surface area contributed by atoms with Gasteiger partial charge in [0.15, 0.2) is 0 Å². The number of nitrogens with one attached hydrogen (secondary N) is 1. The SMILES string of the molecule is O=C(NCc1ccco1)[C@H]1CN(CC2CCOCC2)Cc2cncn21. The summed E-state index contributed by atoms with van der Waals surface area (Å²) in [5, 5.41) is 2.98. The zero-order chi connectivity index (χ0) is 17.1. The molecule has 1 N–H and O–H groups in total. The summed E-state index contributed by atoms with van der Waals surface area (Å²) in [7, 11) is 0. The molecule has 4 rings (SSSR count). The van der Waals surface area contributed by atoms with Crippen molar-refractivity contribution < 1.29 is 13.9 Å². The summed E-state index contributed by atoms with van der Waals surface area (Å²) in [6.45, 7) is 4.68. The van der Waals surface area contributed by atoms with Crippen LogP contribution in [-0.2, 0) is 22.6 Å². The van der Waals surface area contributed by atoms with Crippen molar-refractivity contribution in [3.8, 4) is 0 Å². The van der Waals surface area contributed by atoms with Crippen molar-refractivity contribution in [2.24, 2.45) is 5.92 Å². The molecular weight excluding hydrogens is 320 g/mol. The molecular formula is C18H24N4O3. The van der Waals surface area contributed by atoms with Gasteiger partial charge in [0.1, 0.15) is 11.8 Å². The van der Waals surface area contributed by atoms with Crippen molar-refractivity contribution in [1.29, 1.82) is 0 Å². The van der Waals surface area contributed by atoms with E-state index < -0.39 is 0 Å². The first-order valence-electron chi connectivity index (χ1n) is 8.90. The summed E-state index contributed by atoms with van der Waals surface area (Å²) in [5.41, 5.74) is 1.09. The van der Waals surface area contributed by atoms with Crippen LogP contribution in [0.5, 0.6) is 0 Å². The van der Waals surface area contributed by atoms with Crippen LogP contribution >= 0.6 is 0 Å². The van der Waals surface area contributed by atoms with Crippen molar-refractivity contribution in [1.82, 2.24) is 19.8 Å². The summed E-state index contributed by atoms with van der Waals surface area (Å²) >= 11 is 0. The first-order valence-corrected chi connectivity index (χ1v) is 8.90. The van der Waals surface area contributed by atoms with E-state index in [4.69, 9.17) is 9.15 Å². The Balaban J connectivity index is 1.42. The molecule has 0 aliphatic carbocycles. The van der Waals surface area contributed by atoms with E-state index in [0.717, 1.165) is 50.6 Å². The number of rotatable bonds is 5. The van der Waals surface area contributed by atoms with Crippen LogP contribution < -0.4 is 5.32 Å². The molecule has 2 aromatic heterocycles. The van der Waals surface area contributed by atoms with Crippen LogP contribution in [0.3, 0.4) is 0 Å². The lowest BCUT2D eigenvalue weighted by atomic mass is 9.98. The molecule has 0 bridgehead atoms. The molecule has 2 aliphatic heterocycles. The van der Waals surface area contributed by atoms with Crippen LogP contribution in [0, 0.1) is 5.92 Å². The second kappa shape index (κ2) is 7.41. The Bertz CT molecular complexity index is 691. The molecule has 1 amide bonds. The van der Waals surface area contributed by atoms with Crippen LogP contribution in [0.1, 0.15) is 30.3 Å². The summed E-state index contributed by atoms with van der Waals surface area (Å²) in [6, 6.07) is 3.44. The van der Waals surface area contributed by atoms with E-state index in [1.807, 2.05) is 22.9 Å². The second-order valence-electron chi connectivity index (χ2n) is 6.86. The minimum Gasteiger partial charge on any atom is -0.467 e. The number of fused-ring (bicyclic) bond motifs is 1. The normalized spacial score (nSPS) is 21.8. The largest absolute Gasteiger partial charge is 0.467 e. The zero-order valence-electron chi connectivity index (χ0n) is 14.3. The van der Waals surface area contributed by atoms with Gasteiger partial charge >= 0.3 is 0 Å². The Hall–Kier alpha value is -2.12. The second-order valence-corrected chi connectivity index (χ2v) is 6.86. The number of amides is 1. The van der Waals surface area contributed by atoms with Crippen molar-refractivity contribution in [3.63, 3.8) is 0 Å². The number of hydrogen-bond acceptors (Lipinski definition) is 5. The molecule has 134 valence electrons. The van der Waals surface area contributed by atoms with Crippen molar-refractivity contribution in [2.45, 2.75) is 32.0 Å². The molecule has 1 saturated heterocycles. The number of ether oxygens (including phenoxy) is 1. The van der Waals surface area contributed by atoms with Gasteiger partial charge in [0.25, 0.3) is 0 Å². The van der Waals surface area contributed by atoms with E-state index in [2.05, 4.69) is 15.2 Å². The quantitative estimate of drug-likeness (QED) is 0.891. The standard InChI is InChI=1S/C18H24N4O3/c23-18(20-9-16-2-1-5-25-16)17-12-21(10-14-3-6-24-7-4-14)11-15-8-19-13-22(15)17/h1-2,5,8,13-14,17H,3-4,6-7,9-12H2,(H,20,23)/t17-/m1/s1. The fourth-order valence-corrected chi connectivity index (χ4v) is 3.71. The van der Waals surface area contributed by atoms with E-state index in [1.54, 1.807) is 12.6 Å². The molecule has 2 aliphatic rings. The molecule has 0 saturated carbocycles. The van der Waals surface area contributed by atoms with E-state index in [1.165, 1.54) is 0 Å². The van der Waals surface area contributed by atoms with Gasteiger partial charge in [0.2, 0.25) is 5.91 Å². The number of hydrogen-bond donors (Lipinski definition) is 1. The van der Waals surface area contributed by atoms with Crippen molar-refractivity contribution in [2.75, 3.05) is 26.3 Å². The number of nitrogens with zero attached hydrogens (tertiary/aromatic N) is 3. The zero-order valence-corrected chi connectivity index (χ0v) is 14.3. The number of furan rings is 1. The third-order valence-corrected chi connectivity index (χ3v) is 5.08. The molecule has 2 aromatic rings. The first-order chi connectivity index (χ1) is 12.3. The van der Waals surface area contributed by atoms with Gasteiger partial charge in [-0.3, -0.25) is 9.69 Å². The summed E-state index contributed by atoms with van der Waals surface area (Å²) in [6.07, 6.45) is 7.45. The third-order valence-electron chi connectivity index (χ3n) is 5.08. The van der Waals surface area contributed by atoms with Crippen LogP contribution in [-0.4, -0.2) is 46.7 Å². The Morgan fingerprint density at radius 3 is 3.04 bits per heavy atom.